The van der Waals surface area contributed by atoms with Crippen molar-refractivity contribution in [3.8, 4) is 11.5 Å². The van der Waals surface area contributed by atoms with Gasteiger partial charge in [-0.15, -0.1) is 0 Å². The van der Waals surface area contributed by atoms with Crippen molar-refractivity contribution in [3.63, 3.8) is 0 Å². The first-order chi connectivity index (χ1) is 13.9. The summed E-state index contributed by atoms with van der Waals surface area (Å²) in [6, 6.07) is 2.83. The van der Waals surface area contributed by atoms with E-state index in [0.717, 1.165) is 32.5 Å². The van der Waals surface area contributed by atoms with Crippen LogP contribution in [0.5, 0.6) is 11.5 Å². The number of amides is 3. The number of carbonyl (C=O) groups excluding carboxylic acids is 3. The molecular formula is C20H28N4O5. The lowest BCUT2D eigenvalue weighted by Crippen LogP contribution is -2.54. The van der Waals surface area contributed by atoms with Crippen molar-refractivity contribution in [2.24, 2.45) is 0 Å². The molecule has 3 amide bonds. The first-order valence-electron chi connectivity index (χ1n) is 9.79. The summed E-state index contributed by atoms with van der Waals surface area (Å²) in [4.78, 5) is 38.3. The monoisotopic (exact) mass is 404 g/mol. The maximum Gasteiger partial charge on any atom is 0.322 e. The van der Waals surface area contributed by atoms with Crippen molar-refractivity contribution in [3.05, 3.63) is 17.7 Å². The number of nitrogens with one attached hydrogen (secondary N) is 2. The second-order valence-electron chi connectivity index (χ2n) is 7.51. The molecule has 2 saturated heterocycles. The van der Waals surface area contributed by atoms with E-state index in [4.69, 9.17) is 15.2 Å². The number of piperidine rings is 1. The number of unbranched alkanes of at least 4 members (excludes halogenated alkanes) is 1. The molecule has 158 valence electrons. The fourth-order valence-corrected chi connectivity index (χ4v) is 3.93. The number of anilines is 1. The Balaban J connectivity index is 1.45. The number of methoxy groups -OCH3 is 2. The number of nitrogen functional groups attached to an aromatic ring is 1. The van der Waals surface area contributed by atoms with E-state index in [1.54, 1.807) is 12.1 Å². The van der Waals surface area contributed by atoms with E-state index >= 15 is 0 Å². The van der Waals surface area contributed by atoms with Crippen molar-refractivity contribution in [2.45, 2.75) is 37.6 Å². The van der Waals surface area contributed by atoms with Crippen molar-refractivity contribution < 1.29 is 23.9 Å². The largest absolute Gasteiger partial charge is 0.496 e. The number of nitrogens with zero attached hydrogens (tertiary/aromatic N) is 1. The van der Waals surface area contributed by atoms with Crippen LogP contribution in [-0.4, -0.2) is 62.0 Å². The number of hydrogen-bond donors (Lipinski definition) is 3. The molecule has 0 unspecified atom stereocenters. The number of ketones is 1. The predicted octanol–water partition coefficient (Wildman–Crippen LogP) is 1.31. The number of nitrogens with two attached hydrogens (primary N) is 1. The lowest BCUT2D eigenvalue weighted by Gasteiger charge is -2.36. The summed E-state index contributed by atoms with van der Waals surface area (Å²) in [5.74, 6) is 0.676. The third-order valence-corrected chi connectivity index (χ3v) is 5.70. The summed E-state index contributed by atoms with van der Waals surface area (Å²) in [6.07, 6.45) is 3.22. The lowest BCUT2D eigenvalue weighted by atomic mass is 9.87. The van der Waals surface area contributed by atoms with Gasteiger partial charge in [0.15, 0.2) is 5.78 Å². The minimum Gasteiger partial charge on any atom is -0.496 e. The van der Waals surface area contributed by atoms with Gasteiger partial charge in [0.25, 0.3) is 5.91 Å². The average molecular weight is 404 g/mol. The molecule has 0 aliphatic carbocycles. The first kappa shape index (κ1) is 20.9. The highest BCUT2D eigenvalue weighted by Gasteiger charge is 2.47. The van der Waals surface area contributed by atoms with Crippen LogP contribution in [0.2, 0.25) is 0 Å². The molecule has 29 heavy (non-hydrogen) atoms. The van der Waals surface area contributed by atoms with Gasteiger partial charge in [0.1, 0.15) is 17.0 Å². The Hall–Kier alpha value is -2.81. The van der Waals surface area contributed by atoms with E-state index in [1.165, 1.54) is 14.2 Å². The molecule has 0 saturated carbocycles. The minimum atomic E-state index is -0.742. The number of imide groups is 1. The van der Waals surface area contributed by atoms with E-state index in [9.17, 15) is 14.4 Å². The van der Waals surface area contributed by atoms with Gasteiger partial charge in [-0.25, -0.2) is 4.79 Å². The third kappa shape index (κ3) is 4.45. The number of benzene rings is 1. The SMILES string of the molecule is COc1cc(C(=O)CCCCN2CCC3(CC2)NC(=O)NC3=O)c(OC)cc1N. The zero-order valence-electron chi connectivity index (χ0n) is 16.9. The van der Waals surface area contributed by atoms with Crippen LogP contribution in [0, 0.1) is 0 Å². The zero-order chi connectivity index (χ0) is 21.0. The highest BCUT2D eigenvalue weighted by atomic mass is 16.5. The number of likely N-dealkylation sites (tertiary alicyclic amines) is 1. The number of urea groups is 1. The molecule has 9 heteroatoms. The topological polar surface area (TPSA) is 123 Å². The summed E-state index contributed by atoms with van der Waals surface area (Å²) in [7, 11) is 3.02. The van der Waals surface area contributed by atoms with Gasteiger partial charge in [0.2, 0.25) is 0 Å². The molecule has 0 atom stereocenters. The molecule has 4 N–H and O–H groups in total. The Morgan fingerprint density at radius 2 is 1.83 bits per heavy atom. The van der Waals surface area contributed by atoms with Crippen LogP contribution in [0.1, 0.15) is 42.5 Å². The standard InChI is InChI=1S/C20H28N4O5/c1-28-16-12-14(21)17(29-2)11-13(16)15(25)5-3-4-8-24-9-6-20(7-10-24)18(26)22-19(27)23-20/h11-12H,3-10,21H2,1-2H3,(H2,22,23,26,27). The molecule has 9 nitrogen and oxygen atoms in total. The van der Waals surface area contributed by atoms with Crippen molar-refractivity contribution >= 4 is 23.4 Å². The van der Waals surface area contributed by atoms with E-state index < -0.39 is 11.6 Å². The second-order valence-corrected chi connectivity index (χ2v) is 7.51. The minimum absolute atomic E-state index is 0.0110. The summed E-state index contributed by atoms with van der Waals surface area (Å²) in [5.41, 5.74) is 6.03. The zero-order valence-corrected chi connectivity index (χ0v) is 16.9. The number of hydrogen-bond acceptors (Lipinski definition) is 7. The van der Waals surface area contributed by atoms with Gasteiger partial charge in [0, 0.05) is 25.6 Å². The molecular weight excluding hydrogens is 376 g/mol. The van der Waals surface area contributed by atoms with Gasteiger partial charge >= 0.3 is 6.03 Å². The lowest BCUT2D eigenvalue weighted by molar-refractivity contribution is -0.125. The van der Waals surface area contributed by atoms with Crippen molar-refractivity contribution in [2.75, 3.05) is 39.6 Å². The number of rotatable bonds is 8. The first-order valence-corrected chi connectivity index (χ1v) is 9.79. The van der Waals surface area contributed by atoms with E-state index in [1.807, 2.05) is 0 Å². The molecule has 2 fully saturated rings. The van der Waals surface area contributed by atoms with Gasteiger partial charge in [-0.1, -0.05) is 0 Å². The average Bonchev–Trinajstić information content (AvgIpc) is 2.98. The van der Waals surface area contributed by atoms with Crippen LogP contribution in [0.3, 0.4) is 0 Å². The molecule has 0 bridgehead atoms. The third-order valence-electron chi connectivity index (χ3n) is 5.70. The maximum atomic E-state index is 12.6. The highest BCUT2D eigenvalue weighted by Crippen LogP contribution is 2.32. The molecule has 0 aromatic heterocycles. The Morgan fingerprint density at radius 3 is 2.41 bits per heavy atom. The van der Waals surface area contributed by atoms with Crippen LogP contribution in [-0.2, 0) is 4.79 Å². The van der Waals surface area contributed by atoms with Crippen LogP contribution in [0.25, 0.3) is 0 Å². The highest BCUT2D eigenvalue weighted by molar-refractivity contribution is 6.07. The van der Waals surface area contributed by atoms with E-state index in [0.29, 0.717) is 42.0 Å². The molecule has 1 aromatic carbocycles. The predicted molar refractivity (Wildman–Crippen MR) is 107 cm³/mol. The fraction of sp³-hybridized carbons (Fsp3) is 0.550. The molecule has 3 rings (SSSR count). The van der Waals surface area contributed by atoms with Crippen LogP contribution in [0.15, 0.2) is 12.1 Å². The van der Waals surface area contributed by atoms with Crippen molar-refractivity contribution in [1.82, 2.24) is 15.5 Å². The summed E-state index contributed by atoms with van der Waals surface area (Å²) in [5, 5.41) is 5.08. The van der Waals surface area contributed by atoms with Crippen LogP contribution in [0.4, 0.5) is 10.5 Å². The molecule has 0 radical (unpaired) electrons. The Labute approximate surface area is 169 Å². The fourth-order valence-electron chi connectivity index (χ4n) is 3.93. The van der Waals surface area contributed by atoms with Crippen LogP contribution >= 0.6 is 0 Å². The Morgan fingerprint density at radius 1 is 1.14 bits per heavy atom. The summed E-state index contributed by atoms with van der Waals surface area (Å²) >= 11 is 0. The van der Waals surface area contributed by atoms with Gasteiger partial charge in [-0.3, -0.25) is 14.9 Å². The van der Waals surface area contributed by atoms with Gasteiger partial charge in [-0.2, -0.15) is 0 Å². The second kappa shape index (κ2) is 8.69. The van der Waals surface area contributed by atoms with E-state index in [2.05, 4.69) is 15.5 Å². The normalized spacial score (nSPS) is 18.4. The quantitative estimate of drug-likeness (QED) is 0.258. The molecule has 2 heterocycles. The molecule has 1 aromatic rings. The van der Waals surface area contributed by atoms with Crippen molar-refractivity contribution in [1.29, 1.82) is 0 Å². The van der Waals surface area contributed by atoms with Gasteiger partial charge in [-0.05, 0) is 38.3 Å². The molecule has 1 spiro atoms. The number of Topliss-reactive ketones (excluding diaryl/α,β-unsaturated/α-hetero) is 1. The molecule has 2 aliphatic rings. The maximum absolute atomic E-state index is 12.6. The number of ether oxygens (including phenoxy) is 2. The summed E-state index contributed by atoms with van der Waals surface area (Å²) < 4.78 is 10.5. The Kier molecular flexibility index (Phi) is 6.26. The van der Waals surface area contributed by atoms with E-state index in [-0.39, 0.29) is 11.7 Å². The molecule has 2 aliphatic heterocycles. The smallest absolute Gasteiger partial charge is 0.322 e. The van der Waals surface area contributed by atoms with Gasteiger partial charge in [0.05, 0.1) is 25.5 Å². The number of carbonyl (C=O) groups is 3. The Bertz CT molecular complexity index is 802. The summed E-state index contributed by atoms with van der Waals surface area (Å²) in [6.45, 7) is 2.33. The van der Waals surface area contributed by atoms with Gasteiger partial charge < -0.3 is 25.4 Å². The van der Waals surface area contributed by atoms with Crippen LogP contribution < -0.4 is 25.8 Å².